The molecule has 0 aromatic heterocycles. The summed E-state index contributed by atoms with van der Waals surface area (Å²) >= 11 is 0. The van der Waals surface area contributed by atoms with Crippen LogP contribution in [0.5, 0.6) is 0 Å². The number of hydrogen-bond acceptors (Lipinski definition) is 1. The zero-order valence-corrected chi connectivity index (χ0v) is 8.05. The topological polar surface area (TPSA) is 17.1 Å². The van der Waals surface area contributed by atoms with Gasteiger partial charge in [-0.2, -0.15) is 0 Å². The number of rotatable bonds is 1. The quantitative estimate of drug-likeness (QED) is 0.582. The van der Waals surface area contributed by atoms with Gasteiger partial charge in [0.15, 0.2) is 5.78 Å². The van der Waals surface area contributed by atoms with Crippen LogP contribution in [0.3, 0.4) is 0 Å². The molecule has 0 aromatic carbocycles. The number of carbonyl (C=O) groups excluding carboxylic acids is 1. The normalized spacial score (nSPS) is 22.9. The molecule has 0 radical (unpaired) electrons. The Morgan fingerprint density at radius 3 is 2.58 bits per heavy atom. The van der Waals surface area contributed by atoms with E-state index in [1.807, 2.05) is 19.1 Å². The lowest BCUT2D eigenvalue weighted by atomic mass is 9.77. The van der Waals surface area contributed by atoms with Gasteiger partial charge in [0.2, 0.25) is 0 Å². The molecule has 0 saturated carbocycles. The zero-order chi connectivity index (χ0) is 9.19. The molecule has 0 heterocycles. The molecule has 0 N–H and O–H groups in total. The van der Waals surface area contributed by atoms with Crippen LogP contribution < -0.4 is 0 Å². The standard InChI is InChI=1S/C11H16O/c1-4-5-9-6-10(12)8-11(2,3)7-9/h4-6H,7-8H2,1-3H3/b5-4-. The summed E-state index contributed by atoms with van der Waals surface area (Å²) in [4.78, 5) is 11.3. The average molecular weight is 164 g/mol. The largest absolute Gasteiger partial charge is 0.295 e. The minimum atomic E-state index is 0.153. The van der Waals surface area contributed by atoms with Crippen molar-refractivity contribution in [2.24, 2.45) is 5.41 Å². The molecule has 1 nitrogen and oxygen atoms in total. The zero-order valence-electron chi connectivity index (χ0n) is 8.05. The van der Waals surface area contributed by atoms with Gasteiger partial charge in [-0.05, 0) is 30.4 Å². The highest BCUT2D eigenvalue weighted by atomic mass is 16.1. The minimum absolute atomic E-state index is 0.153. The second-order valence-corrected chi connectivity index (χ2v) is 4.20. The van der Waals surface area contributed by atoms with E-state index in [-0.39, 0.29) is 11.2 Å². The molecule has 1 aliphatic carbocycles. The molecule has 66 valence electrons. The van der Waals surface area contributed by atoms with Crippen LogP contribution in [0, 0.1) is 5.41 Å². The molecule has 0 atom stereocenters. The molecule has 0 unspecified atom stereocenters. The third kappa shape index (κ3) is 2.33. The molecule has 0 aliphatic heterocycles. The van der Waals surface area contributed by atoms with Gasteiger partial charge in [-0.25, -0.2) is 0 Å². The fourth-order valence-corrected chi connectivity index (χ4v) is 1.72. The van der Waals surface area contributed by atoms with Crippen molar-refractivity contribution in [3.63, 3.8) is 0 Å². The van der Waals surface area contributed by atoms with Crippen molar-refractivity contribution in [1.29, 1.82) is 0 Å². The predicted molar refractivity (Wildman–Crippen MR) is 50.9 cm³/mol. The van der Waals surface area contributed by atoms with Gasteiger partial charge in [-0.1, -0.05) is 26.0 Å². The van der Waals surface area contributed by atoms with Crippen LogP contribution in [0.15, 0.2) is 23.8 Å². The number of allylic oxidation sites excluding steroid dienone is 4. The van der Waals surface area contributed by atoms with Crippen molar-refractivity contribution in [3.8, 4) is 0 Å². The van der Waals surface area contributed by atoms with Gasteiger partial charge in [0.25, 0.3) is 0 Å². The summed E-state index contributed by atoms with van der Waals surface area (Å²) in [5.74, 6) is 0.263. The fraction of sp³-hybridized carbons (Fsp3) is 0.545. The van der Waals surface area contributed by atoms with Gasteiger partial charge in [0, 0.05) is 6.42 Å². The van der Waals surface area contributed by atoms with Crippen molar-refractivity contribution >= 4 is 5.78 Å². The van der Waals surface area contributed by atoms with Gasteiger partial charge in [-0.3, -0.25) is 4.79 Å². The van der Waals surface area contributed by atoms with Crippen LogP contribution in [-0.4, -0.2) is 5.78 Å². The number of hydrogen-bond donors (Lipinski definition) is 0. The van der Waals surface area contributed by atoms with Crippen molar-refractivity contribution in [2.75, 3.05) is 0 Å². The first-order valence-corrected chi connectivity index (χ1v) is 4.40. The molecular weight excluding hydrogens is 148 g/mol. The van der Waals surface area contributed by atoms with E-state index in [1.165, 1.54) is 5.57 Å². The average Bonchev–Trinajstić information content (AvgIpc) is 1.82. The first kappa shape index (κ1) is 9.24. The maximum absolute atomic E-state index is 11.3. The van der Waals surface area contributed by atoms with Crippen LogP contribution in [0.25, 0.3) is 0 Å². The van der Waals surface area contributed by atoms with Crippen LogP contribution in [0.1, 0.15) is 33.6 Å². The first-order valence-electron chi connectivity index (χ1n) is 4.40. The minimum Gasteiger partial charge on any atom is -0.295 e. The smallest absolute Gasteiger partial charge is 0.156 e. The SMILES string of the molecule is C/C=C\C1=CC(=O)CC(C)(C)C1. The molecule has 0 spiro atoms. The maximum atomic E-state index is 11.3. The highest BCUT2D eigenvalue weighted by Crippen LogP contribution is 2.33. The Morgan fingerprint density at radius 2 is 2.08 bits per heavy atom. The molecule has 0 saturated heterocycles. The van der Waals surface area contributed by atoms with E-state index >= 15 is 0 Å². The Balaban J connectivity index is 2.83. The third-order valence-electron chi connectivity index (χ3n) is 2.06. The lowest BCUT2D eigenvalue weighted by molar-refractivity contribution is -0.116. The van der Waals surface area contributed by atoms with Crippen LogP contribution in [0.4, 0.5) is 0 Å². The maximum Gasteiger partial charge on any atom is 0.156 e. The molecule has 0 aromatic rings. The summed E-state index contributed by atoms with van der Waals surface area (Å²) in [6, 6.07) is 0. The van der Waals surface area contributed by atoms with E-state index in [2.05, 4.69) is 13.8 Å². The van der Waals surface area contributed by atoms with E-state index in [9.17, 15) is 4.79 Å². The predicted octanol–water partition coefficient (Wildman–Crippen LogP) is 2.88. The fourth-order valence-electron chi connectivity index (χ4n) is 1.72. The van der Waals surface area contributed by atoms with Crippen molar-refractivity contribution in [1.82, 2.24) is 0 Å². The second-order valence-electron chi connectivity index (χ2n) is 4.20. The van der Waals surface area contributed by atoms with Crippen molar-refractivity contribution in [2.45, 2.75) is 33.6 Å². The van der Waals surface area contributed by atoms with Crippen molar-refractivity contribution < 1.29 is 4.79 Å². The molecular formula is C11H16O. The van der Waals surface area contributed by atoms with Crippen LogP contribution in [-0.2, 0) is 4.79 Å². The van der Waals surface area contributed by atoms with Crippen LogP contribution in [0.2, 0.25) is 0 Å². The summed E-state index contributed by atoms with van der Waals surface area (Å²) in [7, 11) is 0. The number of ketones is 1. The van der Waals surface area contributed by atoms with E-state index in [0.717, 1.165) is 6.42 Å². The Bertz CT molecular complexity index is 244. The first-order chi connectivity index (χ1) is 5.53. The molecule has 1 rings (SSSR count). The second kappa shape index (κ2) is 3.26. The summed E-state index contributed by atoms with van der Waals surface area (Å²) in [6.45, 7) is 6.26. The van der Waals surface area contributed by atoms with Gasteiger partial charge >= 0.3 is 0 Å². The monoisotopic (exact) mass is 164 g/mol. The summed E-state index contributed by atoms with van der Waals surface area (Å²) in [5, 5.41) is 0. The molecule has 0 fully saturated rings. The third-order valence-corrected chi connectivity index (χ3v) is 2.06. The van der Waals surface area contributed by atoms with E-state index in [0.29, 0.717) is 6.42 Å². The van der Waals surface area contributed by atoms with Gasteiger partial charge < -0.3 is 0 Å². The Kier molecular flexibility index (Phi) is 2.51. The Labute approximate surface area is 74.2 Å². The highest BCUT2D eigenvalue weighted by Gasteiger charge is 2.25. The van der Waals surface area contributed by atoms with Gasteiger partial charge in [0.1, 0.15) is 0 Å². The Morgan fingerprint density at radius 1 is 1.42 bits per heavy atom. The van der Waals surface area contributed by atoms with E-state index in [4.69, 9.17) is 0 Å². The lowest BCUT2D eigenvalue weighted by Gasteiger charge is -2.27. The molecule has 0 amide bonds. The molecule has 0 bridgehead atoms. The molecule has 1 heteroatoms. The highest BCUT2D eigenvalue weighted by molar-refractivity contribution is 5.92. The Hall–Kier alpha value is -0.850. The summed E-state index contributed by atoms with van der Waals surface area (Å²) < 4.78 is 0. The summed E-state index contributed by atoms with van der Waals surface area (Å²) in [6.07, 6.45) is 7.49. The van der Waals surface area contributed by atoms with Gasteiger partial charge in [0.05, 0.1) is 0 Å². The van der Waals surface area contributed by atoms with Gasteiger partial charge in [-0.15, -0.1) is 0 Å². The molecule has 1 aliphatic rings. The van der Waals surface area contributed by atoms with Crippen LogP contribution >= 0.6 is 0 Å². The lowest BCUT2D eigenvalue weighted by Crippen LogP contribution is -2.21. The molecule has 12 heavy (non-hydrogen) atoms. The van der Waals surface area contributed by atoms with E-state index < -0.39 is 0 Å². The summed E-state index contributed by atoms with van der Waals surface area (Å²) in [5.41, 5.74) is 1.32. The number of carbonyl (C=O) groups is 1. The van der Waals surface area contributed by atoms with Crippen molar-refractivity contribution in [3.05, 3.63) is 23.8 Å². The van der Waals surface area contributed by atoms with E-state index in [1.54, 1.807) is 6.08 Å².